The summed E-state index contributed by atoms with van der Waals surface area (Å²) >= 11 is 0. The second kappa shape index (κ2) is 6.41. The van der Waals surface area contributed by atoms with E-state index in [0.717, 1.165) is 31.0 Å². The van der Waals surface area contributed by atoms with Gasteiger partial charge in [0.25, 0.3) is 5.89 Å². The molecular formula is C15H21N5O2. The Bertz CT molecular complexity index is 630. The minimum atomic E-state index is 0.163. The average molecular weight is 303 g/mol. The number of ether oxygens (including phenoxy) is 1. The van der Waals surface area contributed by atoms with Crippen LogP contribution in [0.25, 0.3) is 11.5 Å². The van der Waals surface area contributed by atoms with Gasteiger partial charge in [0.05, 0.1) is 12.1 Å². The number of likely N-dealkylation sites (N-methyl/N-ethyl adjacent to an activating group) is 1. The molecule has 1 fully saturated rings. The van der Waals surface area contributed by atoms with Crippen molar-refractivity contribution in [3.8, 4) is 11.5 Å². The zero-order valence-corrected chi connectivity index (χ0v) is 13.1. The summed E-state index contributed by atoms with van der Waals surface area (Å²) in [4.78, 5) is 11.0. The number of nitrogens with zero attached hydrogens (tertiary/aromatic N) is 4. The lowest BCUT2D eigenvalue weighted by Gasteiger charge is -2.19. The maximum absolute atomic E-state index is 5.57. The molecule has 0 aromatic carbocycles. The minimum Gasteiger partial charge on any atom is -0.378 e. The fourth-order valence-electron chi connectivity index (χ4n) is 2.73. The Hall–Kier alpha value is -1.99. The van der Waals surface area contributed by atoms with Gasteiger partial charge in [-0.15, -0.1) is 0 Å². The van der Waals surface area contributed by atoms with Gasteiger partial charge in [-0.05, 0) is 25.6 Å². The van der Waals surface area contributed by atoms with Gasteiger partial charge in [0.1, 0.15) is 5.82 Å². The van der Waals surface area contributed by atoms with E-state index in [0.29, 0.717) is 11.7 Å². The Morgan fingerprint density at radius 3 is 3.00 bits per heavy atom. The van der Waals surface area contributed by atoms with Crippen LogP contribution in [0.4, 0.5) is 5.82 Å². The fraction of sp³-hybridized carbons (Fsp3) is 0.533. The molecule has 0 amide bonds. The number of pyridine rings is 1. The number of methoxy groups -OCH3 is 1. The number of rotatable bonds is 5. The van der Waals surface area contributed by atoms with Crippen LogP contribution in [0, 0.1) is 6.92 Å². The predicted molar refractivity (Wildman–Crippen MR) is 82.6 cm³/mol. The molecule has 3 rings (SSSR count). The summed E-state index contributed by atoms with van der Waals surface area (Å²) < 4.78 is 10.8. The van der Waals surface area contributed by atoms with E-state index in [1.54, 1.807) is 20.2 Å². The zero-order valence-electron chi connectivity index (χ0n) is 13.1. The lowest BCUT2D eigenvalue weighted by molar-refractivity contribution is 0.102. The number of anilines is 1. The van der Waals surface area contributed by atoms with E-state index in [1.807, 2.05) is 12.1 Å². The van der Waals surface area contributed by atoms with Crippen LogP contribution < -0.4 is 5.32 Å². The van der Waals surface area contributed by atoms with Gasteiger partial charge in [-0.1, -0.05) is 12.1 Å². The molecule has 7 heteroatoms. The topological polar surface area (TPSA) is 76.3 Å². The molecule has 0 saturated carbocycles. The third kappa shape index (κ3) is 3.10. The lowest BCUT2D eigenvalue weighted by Crippen LogP contribution is -2.33. The van der Waals surface area contributed by atoms with Crippen LogP contribution in [0.2, 0.25) is 0 Å². The average Bonchev–Trinajstić information content (AvgIpc) is 3.13. The Morgan fingerprint density at radius 2 is 2.32 bits per heavy atom. The van der Waals surface area contributed by atoms with Crippen LogP contribution >= 0.6 is 0 Å². The van der Waals surface area contributed by atoms with Crippen molar-refractivity contribution in [1.29, 1.82) is 0 Å². The highest BCUT2D eigenvalue weighted by Crippen LogP contribution is 2.22. The van der Waals surface area contributed by atoms with Crippen molar-refractivity contribution in [3.05, 3.63) is 24.2 Å². The Labute approximate surface area is 129 Å². The Morgan fingerprint density at radius 1 is 1.45 bits per heavy atom. The summed E-state index contributed by atoms with van der Waals surface area (Å²) in [5, 5.41) is 7.27. The smallest absolute Gasteiger partial charge is 0.258 e. The summed E-state index contributed by atoms with van der Waals surface area (Å²) in [6.07, 6.45) is 1.90. The van der Waals surface area contributed by atoms with Gasteiger partial charge in [0, 0.05) is 32.0 Å². The lowest BCUT2D eigenvalue weighted by atomic mass is 10.2. The molecule has 2 aromatic rings. The maximum Gasteiger partial charge on any atom is 0.258 e. The number of likely N-dealkylation sites (tertiary alicyclic amines) is 1. The van der Waals surface area contributed by atoms with Gasteiger partial charge in [0.15, 0.2) is 5.82 Å². The molecule has 22 heavy (non-hydrogen) atoms. The predicted octanol–water partition coefficient (Wildman–Crippen LogP) is 1.57. The first-order valence-electron chi connectivity index (χ1n) is 7.48. The minimum absolute atomic E-state index is 0.163. The number of hydrogen-bond acceptors (Lipinski definition) is 7. The zero-order chi connectivity index (χ0) is 15.5. The van der Waals surface area contributed by atoms with E-state index in [9.17, 15) is 0 Å². The van der Waals surface area contributed by atoms with Gasteiger partial charge in [-0.3, -0.25) is 4.90 Å². The molecule has 1 N–H and O–H groups in total. The van der Waals surface area contributed by atoms with Crippen LogP contribution in [0.15, 0.2) is 22.9 Å². The van der Waals surface area contributed by atoms with Crippen molar-refractivity contribution in [2.24, 2.45) is 0 Å². The molecule has 1 aliphatic rings. The second-order valence-corrected chi connectivity index (χ2v) is 5.45. The molecule has 118 valence electrons. The van der Waals surface area contributed by atoms with Gasteiger partial charge >= 0.3 is 0 Å². The van der Waals surface area contributed by atoms with Crippen molar-refractivity contribution in [2.45, 2.75) is 26.0 Å². The van der Waals surface area contributed by atoms with E-state index in [-0.39, 0.29) is 12.1 Å². The SMILES string of the molecule is CCN1C[C@H](Nc2cc(-c3nc(C)no3)ccn2)[C@@H](OC)C1. The highest BCUT2D eigenvalue weighted by atomic mass is 16.5. The highest BCUT2D eigenvalue weighted by molar-refractivity contribution is 5.58. The van der Waals surface area contributed by atoms with E-state index in [2.05, 4.69) is 32.3 Å². The summed E-state index contributed by atoms with van der Waals surface area (Å²) in [6.45, 7) is 6.86. The quantitative estimate of drug-likeness (QED) is 0.898. The van der Waals surface area contributed by atoms with E-state index < -0.39 is 0 Å². The number of aryl methyl sites for hydroxylation is 1. The van der Waals surface area contributed by atoms with E-state index in [1.165, 1.54) is 0 Å². The van der Waals surface area contributed by atoms with Crippen molar-refractivity contribution in [2.75, 3.05) is 32.1 Å². The molecule has 7 nitrogen and oxygen atoms in total. The Balaban J connectivity index is 1.75. The normalized spacial score (nSPS) is 22.1. The van der Waals surface area contributed by atoms with E-state index in [4.69, 9.17) is 9.26 Å². The standard InChI is InChI=1S/C15H21N5O2/c1-4-20-8-12(13(9-20)21-3)18-14-7-11(5-6-16-14)15-17-10(2)19-22-15/h5-7,12-13H,4,8-9H2,1-3H3,(H,16,18)/t12-,13-/m0/s1. The van der Waals surface area contributed by atoms with Crippen LogP contribution in [0.1, 0.15) is 12.7 Å². The van der Waals surface area contributed by atoms with Gasteiger partial charge in [0.2, 0.25) is 0 Å². The third-order valence-corrected chi connectivity index (χ3v) is 3.96. The number of hydrogen-bond donors (Lipinski definition) is 1. The first kappa shape index (κ1) is 14.9. The fourth-order valence-corrected chi connectivity index (χ4v) is 2.73. The summed E-state index contributed by atoms with van der Waals surface area (Å²) in [5.41, 5.74) is 0.859. The van der Waals surface area contributed by atoms with E-state index >= 15 is 0 Å². The molecule has 0 unspecified atom stereocenters. The summed E-state index contributed by atoms with van der Waals surface area (Å²) in [7, 11) is 1.75. The Kier molecular flexibility index (Phi) is 4.35. The first-order valence-corrected chi connectivity index (χ1v) is 7.48. The molecule has 2 aromatic heterocycles. The summed E-state index contributed by atoms with van der Waals surface area (Å²) in [5.74, 6) is 1.92. The van der Waals surface area contributed by atoms with Crippen LogP contribution in [-0.2, 0) is 4.74 Å². The van der Waals surface area contributed by atoms with Crippen LogP contribution in [0.5, 0.6) is 0 Å². The molecule has 0 radical (unpaired) electrons. The molecule has 1 aliphatic heterocycles. The molecule has 2 atom stereocenters. The number of aromatic nitrogens is 3. The molecule has 0 aliphatic carbocycles. The molecular weight excluding hydrogens is 282 g/mol. The van der Waals surface area contributed by atoms with Crippen LogP contribution in [0.3, 0.4) is 0 Å². The maximum atomic E-state index is 5.57. The van der Waals surface area contributed by atoms with Crippen molar-refractivity contribution < 1.29 is 9.26 Å². The van der Waals surface area contributed by atoms with Gasteiger partial charge in [-0.2, -0.15) is 4.98 Å². The molecule has 0 bridgehead atoms. The van der Waals surface area contributed by atoms with Crippen molar-refractivity contribution in [3.63, 3.8) is 0 Å². The highest BCUT2D eigenvalue weighted by Gasteiger charge is 2.32. The molecule has 3 heterocycles. The van der Waals surface area contributed by atoms with Gasteiger partial charge in [-0.25, -0.2) is 4.98 Å². The monoisotopic (exact) mass is 303 g/mol. The van der Waals surface area contributed by atoms with Crippen molar-refractivity contribution in [1.82, 2.24) is 20.0 Å². The van der Waals surface area contributed by atoms with Gasteiger partial charge < -0.3 is 14.6 Å². The molecule has 1 saturated heterocycles. The van der Waals surface area contributed by atoms with Crippen molar-refractivity contribution >= 4 is 5.82 Å². The molecule has 0 spiro atoms. The third-order valence-electron chi connectivity index (χ3n) is 3.96. The van der Waals surface area contributed by atoms with Crippen LogP contribution in [-0.4, -0.2) is 58.9 Å². The first-order chi connectivity index (χ1) is 10.7. The second-order valence-electron chi connectivity index (χ2n) is 5.45. The largest absolute Gasteiger partial charge is 0.378 e. The number of nitrogens with one attached hydrogen (secondary N) is 1. The summed E-state index contributed by atoms with van der Waals surface area (Å²) in [6, 6.07) is 4.00.